The average molecular weight is 259 g/mol. The first-order valence-electron chi connectivity index (χ1n) is 5.62. The van der Waals surface area contributed by atoms with E-state index < -0.39 is 6.04 Å². The standard InChI is InChI=1S/C14H11ClN2O/c15-11-4-2-1-3-9(11)8-5-6-12-10(7-8)13(16)14(18)17-12/h1-7,13H,16H2,(H,17,18)/t13-/m0/s1. The first-order valence-corrected chi connectivity index (χ1v) is 6.00. The van der Waals surface area contributed by atoms with Gasteiger partial charge in [0, 0.05) is 21.8 Å². The number of benzene rings is 2. The maximum Gasteiger partial charge on any atom is 0.245 e. The third kappa shape index (κ3) is 1.68. The number of rotatable bonds is 1. The Morgan fingerprint density at radius 1 is 1.17 bits per heavy atom. The maximum atomic E-state index is 11.5. The molecule has 3 N–H and O–H groups in total. The van der Waals surface area contributed by atoms with Crippen molar-refractivity contribution in [2.75, 3.05) is 5.32 Å². The predicted molar refractivity (Wildman–Crippen MR) is 72.4 cm³/mol. The van der Waals surface area contributed by atoms with E-state index >= 15 is 0 Å². The summed E-state index contributed by atoms with van der Waals surface area (Å²) in [5, 5.41) is 3.43. The van der Waals surface area contributed by atoms with Gasteiger partial charge in [0.05, 0.1) is 0 Å². The number of carbonyl (C=O) groups excluding carboxylic acids is 1. The lowest BCUT2D eigenvalue weighted by molar-refractivity contribution is -0.116. The van der Waals surface area contributed by atoms with Gasteiger partial charge in [-0.25, -0.2) is 0 Å². The summed E-state index contributed by atoms with van der Waals surface area (Å²) >= 11 is 6.16. The van der Waals surface area contributed by atoms with E-state index in [1.165, 1.54) is 0 Å². The summed E-state index contributed by atoms with van der Waals surface area (Å²) in [5.41, 5.74) is 9.33. The van der Waals surface area contributed by atoms with E-state index in [-0.39, 0.29) is 5.91 Å². The molecule has 3 nitrogen and oxygen atoms in total. The van der Waals surface area contributed by atoms with Crippen LogP contribution in [0.25, 0.3) is 11.1 Å². The van der Waals surface area contributed by atoms with Crippen LogP contribution in [0.1, 0.15) is 11.6 Å². The van der Waals surface area contributed by atoms with Crippen molar-refractivity contribution in [1.29, 1.82) is 0 Å². The number of nitrogens with one attached hydrogen (secondary N) is 1. The van der Waals surface area contributed by atoms with E-state index in [0.29, 0.717) is 5.02 Å². The van der Waals surface area contributed by atoms with Gasteiger partial charge >= 0.3 is 0 Å². The lowest BCUT2D eigenvalue weighted by atomic mass is 10.00. The summed E-state index contributed by atoms with van der Waals surface area (Å²) in [4.78, 5) is 11.5. The molecule has 4 heteroatoms. The molecule has 1 aliphatic rings. The number of hydrogen-bond acceptors (Lipinski definition) is 2. The predicted octanol–water partition coefficient (Wildman–Crippen LogP) is 2.96. The number of carbonyl (C=O) groups is 1. The minimum absolute atomic E-state index is 0.165. The van der Waals surface area contributed by atoms with Crippen molar-refractivity contribution in [3.05, 3.63) is 53.1 Å². The Morgan fingerprint density at radius 2 is 1.94 bits per heavy atom. The minimum atomic E-state index is -0.595. The van der Waals surface area contributed by atoms with Gasteiger partial charge in [0.15, 0.2) is 0 Å². The summed E-state index contributed by atoms with van der Waals surface area (Å²) in [7, 11) is 0. The molecule has 0 spiro atoms. The van der Waals surface area contributed by atoms with Gasteiger partial charge in [0.2, 0.25) is 5.91 Å². The first kappa shape index (κ1) is 11.3. The lowest BCUT2D eigenvalue weighted by Crippen LogP contribution is -2.19. The zero-order valence-corrected chi connectivity index (χ0v) is 10.2. The second kappa shape index (κ2) is 4.12. The van der Waals surface area contributed by atoms with Gasteiger partial charge in [-0.15, -0.1) is 0 Å². The molecule has 0 bridgehead atoms. The maximum absolute atomic E-state index is 11.5. The van der Waals surface area contributed by atoms with Gasteiger partial charge in [-0.1, -0.05) is 35.9 Å². The molecule has 2 aromatic carbocycles. The molecule has 0 radical (unpaired) electrons. The van der Waals surface area contributed by atoms with Crippen LogP contribution in [0.2, 0.25) is 5.02 Å². The van der Waals surface area contributed by atoms with E-state index in [1.807, 2.05) is 42.5 Å². The van der Waals surface area contributed by atoms with Gasteiger partial charge in [0.1, 0.15) is 6.04 Å². The van der Waals surface area contributed by atoms with E-state index in [0.717, 1.165) is 22.4 Å². The van der Waals surface area contributed by atoms with Gasteiger partial charge in [0.25, 0.3) is 0 Å². The fourth-order valence-corrected chi connectivity index (χ4v) is 2.39. The van der Waals surface area contributed by atoms with E-state index in [4.69, 9.17) is 17.3 Å². The van der Waals surface area contributed by atoms with Crippen molar-refractivity contribution in [3.63, 3.8) is 0 Å². The van der Waals surface area contributed by atoms with E-state index in [2.05, 4.69) is 5.32 Å². The molecule has 18 heavy (non-hydrogen) atoms. The molecule has 90 valence electrons. The molecule has 0 aromatic heterocycles. The summed E-state index contributed by atoms with van der Waals surface area (Å²) < 4.78 is 0. The molecule has 0 saturated carbocycles. The monoisotopic (exact) mass is 258 g/mol. The molecule has 0 aliphatic carbocycles. The largest absolute Gasteiger partial charge is 0.324 e. The fraction of sp³-hybridized carbons (Fsp3) is 0.0714. The Morgan fingerprint density at radius 3 is 2.72 bits per heavy atom. The van der Waals surface area contributed by atoms with Crippen molar-refractivity contribution in [2.24, 2.45) is 5.73 Å². The van der Waals surface area contributed by atoms with Crippen molar-refractivity contribution in [3.8, 4) is 11.1 Å². The Balaban J connectivity index is 2.12. The van der Waals surface area contributed by atoms with Crippen LogP contribution in [0.4, 0.5) is 5.69 Å². The number of halogens is 1. The lowest BCUT2D eigenvalue weighted by Gasteiger charge is -2.07. The molecule has 1 aliphatic heterocycles. The van der Waals surface area contributed by atoms with Crippen LogP contribution in [-0.2, 0) is 4.79 Å². The Hall–Kier alpha value is -1.84. The highest BCUT2D eigenvalue weighted by atomic mass is 35.5. The van der Waals surface area contributed by atoms with Crippen LogP contribution in [0.15, 0.2) is 42.5 Å². The van der Waals surface area contributed by atoms with E-state index in [1.54, 1.807) is 0 Å². The highest BCUT2D eigenvalue weighted by molar-refractivity contribution is 6.33. The summed E-state index contributed by atoms with van der Waals surface area (Å²) in [6, 6.07) is 12.7. The molecular weight excluding hydrogens is 248 g/mol. The highest BCUT2D eigenvalue weighted by Gasteiger charge is 2.27. The van der Waals surface area contributed by atoms with Crippen LogP contribution >= 0.6 is 11.6 Å². The van der Waals surface area contributed by atoms with Crippen molar-refractivity contribution in [1.82, 2.24) is 0 Å². The highest BCUT2D eigenvalue weighted by Crippen LogP contribution is 2.35. The normalized spacial score (nSPS) is 17.4. The van der Waals surface area contributed by atoms with Crippen molar-refractivity contribution >= 4 is 23.2 Å². The summed E-state index contributed by atoms with van der Waals surface area (Å²) in [6.07, 6.45) is 0. The zero-order chi connectivity index (χ0) is 12.7. The third-order valence-corrected chi connectivity index (χ3v) is 3.44. The number of amides is 1. The molecule has 0 fully saturated rings. The van der Waals surface area contributed by atoms with Crippen molar-refractivity contribution in [2.45, 2.75) is 6.04 Å². The molecular formula is C14H11ClN2O. The van der Waals surface area contributed by atoms with Crippen LogP contribution in [0, 0.1) is 0 Å². The van der Waals surface area contributed by atoms with Gasteiger partial charge in [-0.2, -0.15) is 0 Å². The second-order valence-electron chi connectivity index (χ2n) is 4.25. The quantitative estimate of drug-likeness (QED) is 0.826. The topological polar surface area (TPSA) is 55.1 Å². The molecule has 3 rings (SSSR count). The molecule has 1 amide bonds. The number of hydrogen-bond donors (Lipinski definition) is 2. The van der Waals surface area contributed by atoms with Crippen LogP contribution in [-0.4, -0.2) is 5.91 Å². The van der Waals surface area contributed by atoms with Crippen LogP contribution < -0.4 is 11.1 Å². The van der Waals surface area contributed by atoms with Crippen LogP contribution in [0.5, 0.6) is 0 Å². The molecule has 0 unspecified atom stereocenters. The Bertz CT molecular complexity index is 639. The van der Waals surface area contributed by atoms with Gasteiger partial charge in [-0.3, -0.25) is 4.79 Å². The van der Waals surface area contributed by atoms with E-state index in [9.17, 15) is 4.79 Å². The first-order chi connectivity index (χ1) is 8.66. The number of fused-ring (bicyclic) bond motifs is 1. The Labute approximate surface area is 110 Å². The molecule has 2 aromatic rings. The minimum Gasteiger partial charge on any atom is -0.324 e. The number of anilines is 1. The third-order valence-electron chi connectivity index (χ3n) is 3.11. The molecule has 1 heterocycles. The Kier molecular flexibility index (Phi) is 2.58. The number of nitrogens with two attached hydrogens (primary N) is 1. The summed E-state index contributed by atoms with van der Waals surface area (Å²) in [6.45, 7) is 0. The van der Waals surface area contributed by atoms with Gasteiger partial charge in [-0.05, 0) is 23.8 Å². The molecule has 0 saturated heterocycles. The smallest absolute Gasteiger partial charge is 0.245 e. The van der Waals surface area contributed by atoms with Gasteiger partial charge < -0.3 is 11.1 Å². The average Bonchev–Trinajstić information content (AvgIpc) is 2.66. The fourth-order valence-electron chi connectivity index (χ4n) is 2.15. The van der Waals surface area contributed by atoms with Crippen molar-refractivity contribution < 1.29 is 4.79 Å². The second-order valence-corrected chi connectivity index (χ2v) is 4.66. The van der Waals surface area contributed by atoms with Crippen LogP contribution in [0.3, 0.4) is 0 Å². The zero-order valence-electron chi connectivity index (χ0n) is 9.48. The summed E-state index contributed by atoms with van der Waals surface area (Å²) in [5.74, 6) is -0.165. The SMILES string of the molecule is N[C@@H]1C(=O)Nc2ccc(-c3ccccc3Cl)cc21. The molecule has 1 atom stereocenters.